The summed E-state index contributed by atoms with van der Waals surface area (Å²) in [4.78, 5) is 4.48. The van der Waals surface area contributed by atoms with Crippen LogP contribution in [-0.4, -0.2) is 25.4 Å². The first-order chi connectivity index (χ1) is 10.2. The highest BCUT2D eigenvalue weighted by Crippen LogP contribution is 2.18. The third-order valence-electron chi connectivity index (χ3n) is 3.10. The molecule has 0 saturated heterocycles. The third-order valence-corrected chi connectivity index (χ3v) is 3.10. The molecule has 0 aliphatic rings. The Bertz CT molecular complexity index is 749. The van der Waals surface area contributed by atoms with Gasteiger partial charge in [-0.05, 0) is 19.4 Å². The number of benzene rings is 1. The van der Waals surface area contributed by atoms with Crippen molar-refractivity contribution < 1.29 is 0 Å². The zero-order valence-corrected chi connectivity index (χ0v) is 12.0. The van der Waals surface area contributed by atoms with Crippen molar-refractivity contribution >= 4 is 11.6 Å². The van der Waals surface area contributed by atoms with E-state index < -0.39 is 0 Å². The molecular weight excluding hydrogens is 264 g/mol. The molecule has 2 N–H and O–H groups in total. The van der Waals surface area contributed by atoms with E-state index in [1.54, 1.807) is 6.20 Å². The van der Waals surface area contributed by atoms with Crippen molar-refractivity contribution in [2.45, 2.75) is 20.3 Å². The van der Waals surface area contributed by atoms with E-state index in [1.165, 1.54) is 0 Å². The molecule has 6 nitrogen and oxygen atoms in total. The van der Waals surface area contributed by atoms with Gasteiger partial charge in [0.1, 0.15) is 0 Å². The Kier molecular flexibility index (Phi) is 3.59. The van der Waals surface area contributed by atoms with Gasteiger partial charge in [0.2, 0.25) is 0 Å². The Morgan fingerprint density at radius 2 is 2.10 bits per heavy atom. The van der Waals surface area contributed by atoms with E-state index in [0.29, 0.717) is 11.6 Å². The summed E-state index contributed by atoms with van der Waals surface area (Å²) in [6, 6.07) is 9.97. The fourth-order valence-corrected chi connectivity index (χ4v) is 2.01. The van der Waals surface area contributed by atoms with Crippen LogP contribution in [0.15, 0.2) is 36.5 Å². The molecule has 0 fully saturated rings. The molecule has 0 atom stereocenters. The second-order valence-corrected chi connectivity index (χ2v) is 4.79. The van der Waals surface area contributed by atoms with E-state index in [0.717, 1.165) is 29.1 Å². The summed E-state index contributed by atoms with van der Waals surface area (Å²) in [5.41, 5.74) is 3.18. The van der Waals surface area contributed by atoms with Crippen LogP contribution in [-0.2, 0) is 6.42 Å². The van der Waals surface area contributed by atoms with E-state index in [-0.39, 0.29) is 0 Å². The summed E-state index contributed by atoms with van der Waals surface area (Å²) in [5.74, 6) is 1.94. The number of aromatic amines is 1. The molecule has 0 unspecified atom stereocenters. The number of aryl methyl sites for hydroxylation is 2. The molecule has 0 aliphatic heterocycles. The number of nitrogens with one attached hydrogen (secondary N) is 2. The predicted molar refractivity (Wildman–Crippen MR) is 81.2 cm³/mol. The molecule has 0 aliphatic carbocycles. The smallest absolute Gasteiger partial charge is 0.183 e. The summed E-state index contributed by atoms with van der Waals surface area (Å²) in [7, 11) is 0. The molecule has 2 heterocycles. The van der Waals surface area contributed by atoms with Crippen molar-refractivity contribution in [2.75, 3.05) is 5.32 Å². The van der Waals surface area contributed by atoms with Crippen LogP contribution in [0.25, 0.3) is 11.4 Å². The topological polar surface area (TPSA) is 79.4 Å². The lowest BCUT2D eigenvalue weighted by Gasteiger charge is -2.04. The largest absolute Gasteiger partial charge is 0.322 e. The van der Waals surface area contributed by atoms with Gasteiger partial charge >= 0.3 is 0 Å². The highest BCUT2D eigenvalue weighted by molar-refractivity contribution is 5.59. The minimum Gasteiger partial charge on any atom is -0.322 e. The Morgan fingerprint density at radius 3 is 2.86 bits per heavy atom. The van der Waals surface area contributed by atoms with Gasteiger partial charge in [0, 0.05) is 17.3 Å². The summed E-state index contributed by atoms with van der Waals surface area (Å²) in [5, 5.41) is 18.3. The van der Waals surface area contributed by atoms with Gasteiger partial charge in [0.25, 0.3) is 0 Å². The minimum atomic E-state index is 0.593. The molecular formula is C15H16N6. The fraction of sp³-hybridized carbons (Fsp3) is 0.200. The van der Waals surface area contributed by atoms with E-state index >= 15 is 0 Å². The minimum absolute atomic E-state index is 0.593. The van der Waals surface area contributed by atoms with Gasteiger partial charge in [-0.1, -0.05) is 30.7 Å². The van der Waals surface area contributed by atoms with Gasteiger partial charge in [-0.3, -0.25) is 5.10 Å². The lowest BCUT2D eigenvalue weighted by molar-refractivity contribution is 0.968. The molecule has 0 bridgehead atoms. The Hall–Kier alpha value is -2.76. The third kappa shape index (κ3) is 3.05. The lowest BCUT2D eigenvalue weighted by Crippen LogP contribution is -1.99. The number of aromatic nitrogens is 5. The zero-order chi connectivity index (χ0) is 14.7. The maximum atomic E-state index is 4.48. The second-order valence-electron chi connectivity index (χ2n) is 4.79. The number of H-pyrrole nitrogens is 1. The Balaban J connectivity index is 1.86. The average molecular weight is 280 g/mol. The van der Waals surface area contributed by atoms with Crippen molar-refractivity contribution in [1.82, 2.24) is 25.4 Å². The second kappa shape index (κ2) is 5.70. The number of hydrogen-bond donors (Lipinski definition) is 2. The van der Waals surface area contributed by atoms with Gasteiger partial charge in [-0.25, -0.2) is 4.98 Å². The lowest BCUT2D eigenvalue weighted by atomic mass is 10.1. The van der Waals surface area contributed by atoms with Gasteiger partial charge in [-0.15, -0.1) is 5.10 Å². The Labute approximate surface area is 122 Å². The number of nitrogens with zero attached hydrogens (tertiary/aromatic N) is 4. The van der Waals surface area contributed by atoms with E-state index in [1.807, 2.05) is 37.3 Å². The average Bonchev–Trinajstić information content (AvgIpc) is 2.95. The predicted octanol–water partition coefficient (Wildman–Crippen LogP) is 2.88. The summed E-state index contributed by atoms with van der Waals surface area (Å²) >= 11 is 0. The molecule has 0 saturated carbocycles. The zero-order valence-electron chi connectivity index (χ0n) is 12.0. The van der Waals surface area contributed by atoms with Crippen LogP contribution in [0.3, 0.4) is 0 Å². The Morgan fingerprint density at radius 1 is 1.19 bits per heavy atom. The SMILES string of the molecule is CCc1cc(Nc2cnnc(-c3cccc(C)c3)n2)n[nH]1. The van der Waals surface area contributed by atoms with E-state index in [2.05, 4.69) is 37.6 Å². The van der Waals surface area contributed by atoms with Crippen LogP contribution in [0.5, 0.6) is 0 Å². The quantitative estimate of drug-likeness (QED) is 0.768. The first-order valence-electron chi connectivity index (χ1n) is 6.82. The number of rotatable bonds is 4. The van der Waals surface area contributed by atoms with Crippen LogP contribution in [0, 0.1) is 6.92 Å². The van der Waals surface area contributed by atoms with Crippen molar-refractivity contribution in [3.63, 3.8) is 0 Å². The van der Waals surface area contributed by atoms with Crippen molar-refractivity contribution in [2.24, 2.45) is 0 Å². The molecule has 1 aromatic carbocycles. The van der Waals surface area contributed by atoms with E-state index in [9.17, 15) is 0 Å². The molecule has 21 heavy (non-hydrogen) atoms. The van der Waals surface area contributed by atoms with Crippen LogP contribution >= 0.6 is 0 Å². The molecule has 0 amide bonds. The standard InChI is InChI=1S/C15H16N6/c1-3-12-8-13(20-19-12)17-14-9-16-21-15(18-14)11-6-4-5-10(2)7-11/h4-9H,3H2,1-2H3,(H2,17,18,19,20,21). The summed E-state index contributed by atoms with van der Waals surface area (Å²) in [6.07, 6.45) is 2.49. The van der Waals surface area contributed by atoms with Crippen LogP contribution in [0.4, 0.5) is 11.6 Å². The van der Waals surface area contributed by atoms with Crippen LogP contribution in [0.2, 0.25) is 0 Å². The first-order valence-corrected chi connectivity index (χ1v) is 6.82. The maximum absolute atomic E-state index is 4.48. The molecule has 3 rings (SSSR count). The monoisotopic (exact) mass is 280 g/mol. The number of anilines is 2. The normalized spacial score (nSPS) is 10.6. The first kappa shape index (κ1) is 13.2. The van der Waals surface area contributed by atoms with Gasteiger partial charge in [0.05, 0.1) is 6.20 Å². The molecule has 0 spiro atoms. The van der Waals surface area contributed by atoms with E-state index in [4.69, 9.17) is 0 Å². The van der Waals surface area contributed by atoms with Crippen LogP contribution < -0.4 is 5.32 Å². The molecule has 6 heteroatoms. The van der Waals surface area contributed by atoms with Crippen molar-refractivity contribution in [3.05, 3.63) is 47.8 Å². The van der Waals surface area contributed by atoms with Crippen LogP contribution in [0.1, 0.15) is 18.2 Å². The van der Waals surface area contributed by atoms with Gasteiger partial charge in [0.15, 0.2) is 17.5 Å². The molecule has 106 valence electrons. The van der Waals surface area contributed by atoms with Crippen molar-refractivity contribution in [3.8, 4) is 11.4 Å². The summed E-state index contributed by atoms with van der Waals surface area (Å²) in [6.45, 7) is 4.11. The highest BCUT2D eigenvalue weighted by Gasteiger charge is 2.06. The van der Waals surface area contributed by atoms with Crippen molar-refractivity contribution in [1.29, 1.82) is 0 Å². The van der Waals surface area contributed by atoms with Gasteiger partial charge in [-0.2, -0.15) is 10.2 Å². The summed E-state index contributed by atoms with van der Waals surface area (Å²) < 4.78 is 0. The fourth-order valence-electron chi connectivity index (χ4n) is 2.01. The van der Waals surface area contributed by atoms with Gasteiger partial charge < -0.3 is 5.32 Å². The molecule has 3 aromatic rings. The molecule has 0 radical (unpaired) electrons. The maximum Gasteiger partial charge on any atom is 0.183 e. The molecule has 2 aromatic heterocycles. The highest BCUT2D eigenvalue weighted by atomic mass is 15.2. The number of hydrogen-bond acceptors (Lipinski definition) is 5.